The van der Waals surface area contributed by atoms with Crippen molar-refractivity contribution in [3.63, 3.8) is 0 Å². The molecule has 1 spiro atoms. The number of fused-ring (bicyclic) bond motifs is 1. The Kier molecular flexibility index (Phi) is 4.10. The maximum absolute atomic E-state index is 12.7. The topological polar surface area (TPSA) is 47.4 Å². The Hall–Kier alpha value is -2.44. The lowest BCUT2D eigenvalue weighted by Crippen LogP contribution is -2.45. The predicted octanol–water partition coefficient (Wildman–Crippen LogP) is 3.36. The Balaban J connectivity index is 1.33. The van der Waals surface area contributed by atoms with E-state index in [1.54, 1.807) is 11.3 Å². The van der Waals surface area contributed by atoms with Crippen molar-refractivity contribution in [2.24, 2.45) is 0 Å². The molecule has 0 N–H and O–H groups in total. The number of carbonyl (C=O) groups is 1. The smallest absolute Gasteiger partial charge is 0.227 e. The van der Waals surface area contributed by atoms with Crippen molar-refractivity contribution in [1.82, 2.24) is 14.5 Å². The average molecular weight is 379 g/mol. The second-order valence-corrected chi connectivity index (χ2v) is 8.14. The van der Waals surface area contributed by atoms with Gasteiger partial charge in [0.2, 0.25) is 5.91 Å². The Labute approximate surface area is 162 Å². The standard InChI is InChI=1S/C21H21N3O2S/c25-20(10-16-4-2-1-3-5-16)23-8-7-21(14-23)15-24-18(17-6-9-27-13-17)11-22-19(24)12-26-21/h1-6,9,11,13H,7-8,10,12,14-15H2. The fourth-order valence-corrected chi connectivity index (χ4v) is 4.73. The lowest BCUT2D eigenvalue weighted by atomic mass is 10.0. The van der Waals surface area contributed by atoms with Crippen LogP contribution in [0.3, 0.4) is 0 Å². The third-order valence-corrected chi connectivity index (χ3v) is 6.26. The first-order valence-electron chi connectivity index (χ1n) is 9.25. The van der Waals surface area contributed by atoms with Crippen LogP contribution in [0.1, 0.15) is 17.8 Å². The summed E-state index contributed by atoms with van der Waals surface area (Å²) >= 11 is 1.69. The van der Waals surface area contributed by atoms with Crippen molar-refractivity contribution >= 4 is 17.2 Å². The van der Waals surface area contributed by atoms with Gasteiger partial charge in [-0.25, -0.2) is 4.98 Å². The number of likely N-dealkylation sites (tertiary alicyclic amines) is 1. The van der Waals surface area contributed by atoms with E-state index in [-0.39, 0.29) is 11.5 Å². The molecular weight excluding hydrogens is 358 g/mol. The van der Waals surface area contributed by atoms with E-state index in [0.29, 0.717) is 19.6 Å². The minimum Gasteiger partial charge on any atom is -0.363 e. The van der Waals surface area contributed by atoms with Crippen molar-refractivity contribution in [3.8, 4) is 11.3 Å². The molecule has 0 radical (unpaired) electrons. The van der Waals surface area contributed by atoms with Crippen molar-refractivity contribution in [3.05, 3.63) is 64.7 Å². The van der Waals surface area contributed by atoms with E-state index in [1.807, 2.05) is 41.4 Å². The van der Waals surface area contributed by atoms with E-state index in [4.69, 9.17) is 4.74 Å². The number of imidazole rings is 1. The minimum absolute atomic E-state index is 0.177. The van der Waals surface area contributed by atoms with Gasteiger partial charge in [-0.3, -0.25) is 4.79 Å². The highest BCUT2D eigenvalue weighted by Gasteiger charge is 2.44. The molecule has 0 aliphatic carbocycles. The Morgan fingerprint density at radius 3 is 2.93 bits per heavy atom. The van der Waals surface area contributed by atoms with E-state index in [2.05, 4.69) is 26.4 Å². The molecule has 4 heterocycles. The van der Waals surface area contributed by atoms with Crippen LogP contribution in [0.5, 0.6) is 0 Å². The third-order valence-electron chi connectivity index (χ3n) is 5.58. The number of amides is 1. The number of carbonyl (C=O) groups excluding carboxylic acids is 1. The van der Waals surface area contributed by atoms with Crippen LogP contribution in [0.2, 0.25) is 0 Å². The maximum Gasteiger partial charge on any atom is 0.227 e. The van der Waals surface area contributed by atoms with Crippen LogP contribution in [-0.2, 0) is 29.1 Å². The molecule has 1 saturated heterocycles. The lowest BCUT2D eigenvalue weighted by molar-refractivity contribution is -0.132. The highest BCUT2D eigenvalue weighted by Crippen LogP contribution is 2.35. The fraction of sp³-hybridized carbons (Fsp3) is 0.333. The zero-order valence-corrected chi connectivity index (χ0v) is 15.8. The first kappa shape index (κ1) is 16.7. The van der Waals surface area contributed by atoms with E-state index in [9.17, 15) is 4.79 Å². The van der Waals surface area contributed by atoms with Gasteiger partial charge in [0.1, 0.15) is 18.0 Å². The van der Waals surface area contributed by atoms with Crippen molar-refractivity contribution in [2.45, 2.75) is 31.6 Å². The second kappa shape index (κ2) is 6.62. The van der Waals surface area contributed by atoms with E-state index < -0.39 is 0 Å². The summed E-state index contributed by atoms with van der Waals surface area (Å²) < 4.78 is 8.51. The van der Waals surface area contributed by atoms with Crippen molar-refractivity contribution in [1.29, 1.82) is 0 Å². The highest BCUT2D eigenvalue weighted by atomic mass is 32.1. The summed E-state index contributed by atoms with van der Waals surface area (Å²) in [5.41, 5.74) is 3.10. The molecule has 6 heteroatoms. The van der Waals surface area contributed by atoms with Gasteiger partial charge in [-0.1, -0.05) is 30.3 Å². The summed E-state index contributed by atoms with van der Waals surface area (Å²) in [6.45, 7) is 2.66. The van der Waals surface area contributed by atoms with Crippen molar-refractivity contribution < 1.29 is 9.53 Å². The first-order chi connectivity index (χ1) is 13.2. The van der Waals surface area contributed by atoms with Gasteiger partial charge in [-0.15, -0.1) is 0 Å². The van der Waals surface area contributed by atoms with Crippen molar-refractivity contribution in [2.75, 3.05) is 13.1 Å². The molecule has 2 aliphatic rings. The van der Waals surface area contributed by atoms with Gasteiger partial charge in [0.25, 0.3) is 0 Å². The van der Waals surface area contributed by atoms with E-state index in [0.717, 1.165) is 36.6 Å². The molecular formula is C21H21N3O2S. The number of hydrogen-bond donors (Lipinski definition) is 0. The maximum atomic E-state index is 12.7. The van der Waals surface area contributed by atoms with Gasteiger partial charge in [-0.2, -0.15) is 11.3 Å². The highest BCUT2D eigenvalue weighted by molar-refractivity contribution is 7.08. The van der Waals surface area contributed by atoms with Crippen LogP contribution in [0.25, 0.3) is 11.3 Å². The van der Waals surface area contributed by atoms with E-state index >= 15 is 0 Å². The molecule has 1 amide bonds. The molecule has 2 aromatic heterocycles. The number of rotatable bonds is 3. The minimum atomic E-state index is -0.301. The number of aromatic nitrogens is 2. The molecule has 1 unspecified atom stereocenters. The quantitative estimate of drug-likeness (QED) is 0.701. The molecule has 3 aromatic rings. The Morgan fingerprint density at radius 1 is 1.22 bits per heavy atom. The van der Waals surface area contributed by atoms with Crippen LogP contribution in [0.15, 0.2) is 53.4 Å². The second-order valence-electron chi connectivity index (χ2n) is 7.36. The van der Waals surface area contributed by atoms with Crippen LogP contribution in [-0.4, -0.2) is 39.0 Å². The molecule has 0 saturated carbocycles. The third kappa shape index (κ3) is 3.09. The van der Waals surface area contributed by atoms with Crippen LogP contribution >= 0.6 is 11.3 Å². The summed E-state index contributed by atoms with van der Waals surface area (Å²) in [7, 11) is 0. The van der Waals surface area contributed by atoms with Gasteiger partial charge >= 0.3 is 0 Å². The fourth-order valence-electron chi connectivity index (χ4n) is 4.08. The zero-order chi connectivity index (χ0) is 18.3. The Morgan fingerprint density at radius 2 is 2.11 bits per heavy atom. The summed E-state index contributed by atoms with van der Waals surface area (Å²) in [6.07, 6.45) is 3.26. The number of thiophene rings is 1. The molecule has 1 aromatic carbocycles. The SMILES string of the molecule is O=C(Cc1ccccc1)N1CCC2(C1)Cn1c(-c3ccsc3)cnc1CO2. The number of nitrogens with zero attached hydrogens (tertiary/aromatic N) is 3. The molecule has 1 atom stereocenters. The molecule has 5 nitrogen and oxygen atoms in total. The first-order valence-corrected chi connectivity index (χ1v) is 10.2. The number of hydrogen-bond acceptors (Lipinski definition) is 4. The van der Waals surface area contributed by atoms with Gasteiger partial charge in [-0.05, 0) is 23.4 Å². The van der Waals surface area contributed by atoms with E-state index in [1.165, 1.54) is 5.56 Å². The van der Waals surface area contributed by atoms with Crippen LogP contribution in [0, 0.1) is 0 Å². The van der Waals surface area contributed by atoms with Gasteiger partial charge in [0.05, 0.1) is 31.4 Å². The molecule has 2 aliphatic heterocycles. The van der Waals surface area contributed by atoms with Gasteiger partial charge in [0.15, 0.2) is 0 Å². The number of benzene rings is 1. The lowest BCUT2D eigenvalue weighted by Gasteiger charge is -2.35. The summed E-state index contributed by atoms with van der Waals surface area (Å²) in [4.78, 5) is 19.2. The molecule has 5 rings (SSSR count). The van der Waals surface area contributed by atoms with Gasteiger partial charge < -0.3 is 14.2 Å². The van der Waals surface area contributed by atoms with Gasteiger partial charge in [0, 0.05) is 17.5 Å². The number of ether oxygens (including phenoxy) is 1. The molecule has 27 heavy (non-hydrogen) atoms. The summed E-state index contributed by atoms with van der Waals surface area (Å²) in [5.74, 6) is 1.15. The van der Waals surface area contributed by atoms with Crippen LogP contribution in [0.4, 0.5) is 0 Å². The monoisotopic (exact) mass is 379 g/mol. The normalized spacial score (nSPS) is 21.6. The van der Waals surface area contributed by atoms with Crippen LogP contribution < -0.4 is 0 Å². The zero-order valence-electron chi connectivity index (χ0n) is 15.0. The largest absolute Gasteiger partial charge is 0.363 e. The molecule has 1 fully saturated rings. The molecule has 138 valence electrons. The predicted molar refractivity (Wildman–Crippen MR) is 104 cm³/mol. The summed E-state index contributed by atoms with van der Waals surface area (Å²) in [5, 5.41) is 4.24. The Bertz CT molecular complexity index is 951. The average Bonchev–Trinajstić information content (AvgIpc) is 3.42. The molecule has 0 bridgehead atoms. The summed E-state index contributed by atoms with van der Waals surface area (Å²) in [6, 6.07) is 12.1.